The zero-order chi connectivity index (χ0) is 19.1. The molecule has 1 fully saturated rings. The molecule has 0 spiro atoms. The van der Waals surface area contributed by atoms with E-state index in [1.165, 1.54) is 30.0 Å². The molecule has 142 valence electrons. The lowest BCUT2D eigenvalue weighted by Gasteiger charge is -2.28. The van der Waals surface area contributed by atoms with Gasteiger partial charge in [0.05, 0.1) is 0 Å². The van der Waals surface area contributed by atoms with Gasteiger partial charge in [-0.15, -0.1) is 0 Å². The molecule has 26 heavy (non-hydrogen) atoms. The van der Waals surface area contributed by atoms with Crippen LogP contribution in [0.25, 0.3) is 0 Å². The van der Waals surface area contributed by atoms with E-state index < -0.39 is 11.8 Å². The molecule has 1 N–H and O–H groups in total. The molecule has 1 atom stereocenters. The van der Waals surface area contributed by atoms with Crippen LogP contribution < -0.4 is 4.74 Å². The molecule has 2 rings (SSSR count). The monoisotopic (exact) mass is 366 g/mol. The fourth-order valence-corrected chi connectivity index (χ4v) is 3.08. The lowest BCUT2D eigenvalue weighted by Crippen LogP contribution is -2.43. The van der Waals surface area contributed by atoms with Gasteiger partial charge in [0, 0.05) is 26.1 Å². The third kappa shape index (κ3) is 5.44. The van der Waals surface area contributed by atoms with Crippen LogP contribution in [0, 0.1) is 5.82 Å². The maximum Gasteiger partial charge on any atom is 0.323 e. The molecule has 2 amide bonds. The SMILES string of the molecule is CC(=O)N(CC(=O)O)C1CCCN(C(=O)COc2ccccc2F)CC1. The summed E-state index contributed by atoms with van der Waals surface area (Å²) in [4.78, 5) is 38.0. The summed E-state index contributed by atoms with van der Waals surface area (Å²) < 4.78 is 18.8. The number of carbonyl (C=O) groups excluding carboxylic acids is 2. The van der Waals surface area contributed by atoms with Gasteiger partial charge in [0.1, 0.15) is 6.54 Å². The van der Waals surface area contributed by atoms with Crippen LogP contribution in [0.15, 0.2) is 24.3 Å². The number of halogens is 1. The van der Waals surface area contributed by atoms with E-state index in [1.807, 2.05) is 0 Å². The van der Waals surface area contributed by atoms with Crippen LogP contribution in [-0.4, -0.2) is 65.0 Å². The number of nitrogens with zero attached hydrogens (tertiary/aromatic N) is 2. The zero-order valence-electron chi connectivity index (χ0n) is 14.7. The molecule has 1 unspecified atom stereocenters. The molecule has 0 saturated carbocycles. The van der Waals surface area contributed by atoms with Crippen LogP contribution in [0.2, 0.25) is 0 Å². The molecule has 1 aliphatic heterocycles. The summed E-state index contributed by atoms with van der Waals surface area (Å²) in [7, 11) is 0. The minimum Gasteiger partial charge on any atom is -0.481 e. The number of amides is 2. The van der Waals surface area contributed by atoms with E-state index in [1.54, 1.807) is 11.0 Å². The second-order valence-corrected chi connectivity index (χ2v) is 6.23. The average Bonchev–Trinajstić information content (AvgIpc) is 2.84. The Morgan fingerprint density at radius 2 is 2.00 bits per heavy atom. The molecule has 1 aromatic rings. The number of hydrogen-bond acceptors (Lipinski definition) is 4. The molecule has 0 aromatic heterocycles. The summed E-state index contributed by atoms with van der Waals surface area (Å²) in [5.41, 5.74) is 0. The maximum absolute atomic E-state index is 13.5. The molecule has 1 saturated heterocycles. The number of rotatable bonds is 6. The van der Waals surface area contributed by atoms with Gasteiger partial charge in [-0.2, -0.15) is 0 Å². The standard InChI is InChI=1S/C18H23FN2O5/c1-13(22)21(11-18(24)25)14-5-4-9-20(10-8-14)17(23)12-26-16-7-3-2-6-15(16)19/h2-3,6-7,14H,4-5,8-12H2,1H3,(H,24,25). The smallest absolute Gasteiger partial charge is 0.323 e. The number of ether oxygens (including phenoxy) is 1. The van der Waals surface area contributed by atoms with E-state index in [9.17, 15) is 18.8 Å². The predicted molar refractivity (Wildman–Crippen MR) is 91.1 cm³/mol. The van der Waals surface area contributed by atoms with Crippen molar-refractivity contribution in [1.82, 2.24) is 9.80 Å². The fraction of sp³-hybridized carbons (Fsp3) is 0.500. The van der Waals surface area contributed by atoms with Crippen molar-refractivity contribution < 1.29 is 28.6 Å². The van der Waals surface area contributed by atoms with E-state index >= 15 is 0 Å². The first-order valence-corrected chi connectivity index (χ1v) is 8.52. The quantitative estimate of drug-likeness (QED) is 0.825. The maximum atomic E-state index is 13.5. The molecule has 1 heterocycles. The zero-order valence-corrected chi connectivity index (χ0v) is 14.7. The minimum atomic E-state index is -1.06. The number of carboxylic acid groups (broad SMARTS) is 1. The van der Waals surface area contributed by atoms with E-state index in [4.69, 9.17) is 9.84 Å². The molecule has 0 radical (unpaired) electrons. The van der Waals surface area contributed by atoms with Crippen LogP contribution in [0.5, 0.6) is 5.75 Å². The number of para-hydroxylation sites is 1. The summed E-state index contributed by atoms with van der Waals surface area (Å²) in [6, 6.07) is 5.66. The highest BCUT2D eigenvalue weighted by molar-refractivity contribution is 5.80. The van der Waals surface area contributed by atoms with Gasteiger partial charge in [-0.1, -0.05) is 12.1 Å². The fourth-order valence-electron chi connectivity index (χ4n) is 3.08. The van der Waals surface area contributed by atoms with Crippen molar-refractivity contribution in [2.45, 2.75) is 32.2 Å². The van der Waals surface area contributed by atoms with Crippen LogP contribution in [0.3, 0.4) is 0 Å². The number of carboxylic acids is 1. The Morgan fingerprint density at radius 3 is 2.65 bits per heavy atom. The Labute approximate surface area is 151 Å². The van der Waals surface area contributed by atoms with Gasteiger partial charge in [0.15, 0.2) is 18.2 Å². The van der Waals surface area contributed by atoms with Gasteiger partial charge >= 0.3 is 5.97 Å². The van der Waals surface area contributed by atoms with Gasteiger partial charge in [0.2, 0.25) is 5.91 Å². The van der Waals surface area contributed by atoms with Gasteiger partial charge < -0.3 is 19.6 Å². The molecule has 0 bridgehead atoms. The van der Waals surface area contributed by atoms with Crippen molar-refractivity contribution in [2.75, 3.05) is 26.2 Å². The van der Waals surface area contributed by atoms with Gasteiger partial charge in [-0.3, -0.25) is 14.4 Å². The first kappa shape index (κ1) is 19.7. The summed E-state index contributed by atoms with van der Waals surface area (Å²) in [5, 5.41) is 8.97. The highest BCUT2D eigenvalue weighted by Crippen LogP contribution is 2.19. The first-order chi connectivity index (χ1) is 12.4. The van der Waals surface area contributed by atoms with Gasteiger partial charge in [-0.05, 0) is 31.4 Å². The van der Waals surface area contributed by atoms with E-state index in [0.29, 0.717) is 32.4 Å². The average molecular weight is 366 g/mol. The van der Waals surface area contributed by atoms with Crippen molar-refractivity contribution >= 4 is 17.8 Å². The number of hydrogen-bond donors (Lipinski definition) is 1. The second-order valence-electron chi connectivity index (χ2n) is 6.23. The van der Waals surface area contributed by atoms with Crippen molar-refractivity contribution in [3.05, 3.63) is 30.1 Å². The summed E-state index contributed by atoms with van der Waals surface area (Å²) in [6.07, 6.45) is 1.78. The molecule has 8 heteroatoms. The van der Waals surface area contributed by atoms with Crippen molar-refractivity contribution in [2.24, 2.45) is 0 Å². The largest absolute Gasteiger partial charge is 0.481 e. The highest BCUT2D eigenvalue weighted by atomic mass is 19.1. The van der Waals surface area contributed by atoms with Gasteiger partial charge in [-0.25, -0.2) is 4.39 Å². The minimum absolute atomic E-state index is 0.0257. The number of likely N-dealkylation sites (tertiary alicyclic amines) is 1. The van der Waals surface area contributed by atoms with E-state index in [-0.39, 0.29) is 36.8 Å². The second kappa shape index (κ2) is 9.17. The summed E-state index contributed by atoms with van der Waals surface area (Å²) in [6.45, 7) is 1.63. The predicted octanol–water partition coefficient (Wildman–Crippen LogP) is 1.52. The third-order valence-electron chi connectivity index (χ3n) is 4.39. The number of carbonyl (C=O) groups is 3. The number of aliphatic carboxylic acids is 1. The van der Waals surface area contributed by atoms with Crippen molar-refractivity contribution in [3.63, 3.8) is 0 Å². The Hall–Kier alpha value is -2.64. The van der Waals surface area contributed by atoms with Crippen LogP contribution in [0.4, 0.5) is 4.39 Å². The van der Waals surface area contributed by atoms with Gasteiger partial charge in [0.25, 0.3) is 5.91 Å². The first-order valence-electron chi connectivity index (χ1n) is 8.52. The van der Waals surface area contributed by atoms with Crippen LogP contribution >= 0.6 is 0 Å². The lowest BCUT2D eigenvalue weighted by molar-refractivity contribution is -0.145. The molecular formula is C18H23FN2O5. The molecular weight excluding hydrogens is 343 g/mol. The summed E-state index contributed by atoms with van der Waals surface area (Å²) in [5.74, 6) is -2.11. The Bertz CT molecular complexity index is 667. The molecule has 1 aromatic carbocycles. The van der Waals surface area contributed by atoms with Crippen molar-refractivity contribution in [3.8, 4) is 5.75 Å². The Balaban J connectivity index is 1.90. The van der Waals surface area contributed by atoms with Crippen LogP contribution in [0.1, 0.15) is 26.2 Å². The highest BCUT2D eigenvalue weighted by Gasteiger charge is 2.27. The van der Waals surface area contributed by atoms with Crippen LogP contribution in [-0.2, 0) is 14.4 Å². The topological polar surface area (TPSA) is 87.2 Å². The molecule has 7 nitrogen and oxygen atoms in total. The van der Waals surface area contributed by atoms with E-state index in [2.05, 4.69) is 0 Å². The Kier molecular flexibility index (Phi) is 6.94. The normalized spacial score (nSPS) is 17.3. The summed E-state index contributed by atoms with van der Waals surface area (Å²) >= 11 is 0. The number of benzene rings is 1. The third-order valence-corrected chi connectivity index (χ3v) is 4.39. The lowest BCUT2D eigenvalue weighted by atomic mass is 10.1. The molecule has 0 aliphatic carbocycles. The Morgan fingerprint density at radius 1 is 1.27 bits per heavy atom. The molecule has 1 aliphatic rings. The van der Waals surface area contributed by atoms with Crippen molar-refractivity contribution in [1.29, 1.82) is 0 Å². The van der Waals surface area contributed by atoms with E-state index in [0.717, 1.165) is 0 Å².